The highest BCUT2D eigenvalue weighted by Gasteiger charge is 2.21. The van der Waals surface area contributed by atoms with Crippen LogP contribution in [-0.2, 0) is 5.41 Å². The summed E-state index contributed by atoms with van der Waals surface area (Å²) in [5.41, 5.74) is 1.08. The third-order valence-corrected chi connectivity index (χ3v) is 3.19. The Morgan fingerprint density at radius 1 is 1.32 bits per heavy atom. The topological polar surface area (TPSA) is 61.4 Å². The van der Waals surface area contributed by atoms with Crippen LogP contribution in [0.25, 0.3) is 0 Å². The molecule has 0 bridgehead atoms. The van der Waals surface area contributed by atoms with E-state index < -0.39 is 0 Å². The standard InChI is InChI=1S/C15H24N2O2/c1-12(9-10-18)17-14(19)16-11-15(2,3)13-7-5-4-6-8-13/h4-8,12,18H,9-11H2,1-3H3,(H2,16,17,19)/t12-/m1/s1. The van der Waals surface area contributed by atoms with Gasteiger partial charge < -0.3 is 15.7 Å². The van der Waals surface area contributed by atoms with Gasteiger partial charge in [-0.15, -0.1) is 0 Å². The molecule has 0 unspecified atom stereocenters. The average molecular weight is 264 g/mol. The van der Waals surface area contributed by atoms with Crippen molar-refractivity contribution in [2.75, 3.05) is 13.2 Å². The van der Waals surface area contributed by atoms with E-state index in [1.807, 2.05) is 25.1 Å². The van der Waals surface area contributed by atoms with Gasteiger partial charge in [-0.05, 0) is 18.9 Å². The molecule has 0 aromatic heterocycles. The maximum atomic E-state index is 11.7. The number of amides is 2. The van der Waals surface area contributed by atoms with E-state index in [9.17, 15) is 4.79 Å². The lowest BCUT2D eigenvalue weighted by molar-refractivity contribution is 0.229. The van der Waals surface area contributed by atoms with Gasteiger partial charge in [-0.2, -0.15) is 0 Å². The summed E-state index contributed by atoms with van der Waals surface area (Å²) >= 11 is 0. The van der Waals surface area contributed by atoms with Crippen molar-refractivity contribution in [2.45, 2.75) is 38.6 Å². The van der Waals surface area contributed by atoms with E-state index in [4.69, 9.17) is 5.11 Å². The summed E-state index contributed by atoms with van der Waals surface area (Å²) in [6.07, 6.45) is 0.565. The summed E-state index contributed by atoms with van der Waals surface area (Å²) in [7, 11) is 0. The summed E-state index contributed by atoms with van der Waals surface area (Å²) in [6.45, 7) is 6.71. The van der Waals surface area contributed by atoms with Crippen LogP contribution in [0.4, 0.5) is 4.79 Å². The smallest absolute Gasteiger partial charge is 0.315 e. The zero-order valence-corrected chi connectivity index (χ0v) is 11.9. The number of carbonyl (C=O) groups excluding carboxylic acids is 1. The number of hydrogen-bond acceptors (Lipinski definition) is 2. The fourth-order valence-corrected chi connectivity index (χ4v) is 1.83. The van der Waals surface area contributed by atoms with Gasteiger partial charge in [-0.3, -0.25) is 0 Å². The third kappa shape index (κ3) is 5.30. The SMILES string of the molecule is C[C@H](CCO)NC(=O)NCC(C)(C)c1ccccc1. The minimum atomic E-state index is -0.190. The second-order valence-electron chi connectivity index (χ2n) is 5.49. The highest BCUT2D eigenvalue weighted by Crippen LogP contribution is 2.21. The molecular weight excluding hydrogens is 240 g/mol. The highest BCUT2D eigenvalue weighted by atomic mass is 16.3. The van der Waals surface area contributed by atoms with Crippen LogP contribution in [0, 0.1) is 0 Å². The minimum absolute atomic E-state index is 0.0233. The molecule has 0 heterocycles. The Balaban J connectivity index is 2.45. The molecule has 2 amide bonds. The number of aliphatic hydroxyl groups excluding tert-OH is 1. The molecule has 3 N–H and O–H groups in total. The van der Waals surface area contributed by atoms with E-state index in [1.54, 1.807) is 0 Å². The van der Waals surface area contributed by atoms with Gasteiger partial charge >= 0.3 is 6.03 Å². The molecule has 1 atom stereocenters. The van der Waals surface area contributed by atoms with Crippen molar-refractivity contribution < 1.29 is 9.90 Å². The molecular formula is C15H24N2O2. The van der Waals surface area contributed by atoms with E-state index >= 15 is 0 Å². The Hall–Kier alpha value is -1.55. The summed E-state index contributed by atoms with van der Waals surface area (Å²) in [6, 6.07) is 9.90. The molecule has 1 aromatic rings. The number of carbonyl (C=O) groups is 1. The van der Waals surface area contributed by atoms with Gasteiger partial charge in [0.25, 0.3) is 0 Å². The molecule has 0 fully saturated rings. The molecule has 0 spiro atoms. The molecule has 0 aliphatic carbocycles. The Morgan fingerprint density at radius 3 is 2.53 bits per heavy atom. The maximum Gasteiger partial charge on any atom is 0.315 e. The predicted octanol–water partition coefficient (Wildman–Crippen LogP) is 2.03. The first-order valence-corrected chi connectivity index (χ1v) is 6.66. The van der Waals surface area contributed by atoms with Gasteiger partial charge in [0, 0.05) is 24.6 Å². The Bertz CT molecular complexity index is 390. The third-order valence-electron chi connectivity index (χ3n) is 3.19. The van der Waals surface area contributed by atoms with Crippen molar-refractivity contribution in [2.24, 2.45) is 0 Å². The summed E-state index contributed by atoms with van der Waals surface area (Å²) in [5, 5.41) is 14.5. The normalized spacial score (nSPS) is 12.8. The van der Waals surface area contributed by atoms with Crippen LogP contribution >= 0.6 is 0 Å². The van der Waals surface area contributed by atoms with Gasteiger partial charge in [0.05, 0.1) is 0 Å². The van der Waals surface area contributed by atoms with Crippen LogP contribution in [0.5, 0.6) is 0 Å². The van der Waals surface area contributed by atoms with Crippen molar-refractivity contribution in [3.05, 3.63) is 35.9 Å². The van der Waals surface area contributed by atoms with Crippen molar-refractivity contribution >= 4 is 6.03 Å². The molecule has 106 valence electrons. The lowest BCUT2D eigenvalue weighted by Crippen LogP contribution is -2.45. The number of urea groups is 1. The number of nitrogens with one attached hydrogen (secondary N) is 2. The molecule has 0 aliphatic heterocycles. The molecule has 0 saturated heterocycles. The van der Waals surface area contributed by atoms with E-state index in [0.29, 0.717) is 13.0 Å². The lowest BCUT2D eigenvalue weighted by Gasteiger charge is -2.26. The first kappa shape index (κ1) is 15.5. The van der Waals surface area contributed by atoms with Gasteiger partial charge in [0.2, 0.25) is 0 Å². The zero-order chi connectivity index (χ0) is 14.3. The summed E-state index contributed by atoms with van der Waals surface area (Å²) in [5.74, 6) is 0. The molecule has 0 radical (unpaired) electrons. The minimum Gasteiger partial charge on any atom is -0.396 e. The van der Waals surface area contributed by atoms with Crippen molar-refractivity contribution in [1.29, 1.82) is 0 Å². The van der Waals surface area contributed by atoms with Crippen molar-refractivity contribution in [3.63, 3.8) is 0 Å². The van der Waals surface area contributed by atoms with Crippen LogP contribution in [0.2, 0.25) is 0 Å². The van der Waals surface area contributed by atoms with Gasteiger partial charge in [0.1, 0.15) is 0 Å². The number of aliphatic hydroxyl groups is 1. The Kier molecular flexibility index (Phi) is 5.83. The molecule has 1 aromatic carbocycles. The second kappa shape index (κ2) is 7.14. The molecule has 0 saturated carbocycles. The molecule has 4 nitrogen and oxygen atoms in total. The fraction of sp³-hybridized carbons (Fsp3) is 0.533. The maximum absolute atomic E-state index is 11.7. The van der Waals surface area contributed by atoms with Gasteiger partial charge in [-0.1, -0.05) is 44.2 Å². The van der Waals surface area contributed by atoms with Crippen LogP contribution in [0.3, 0.4) is 0 Å². The van der Waals surface area contributed by atoms with Crippen molar-refractivity contribution in [1.82, 2.24) is 10.6 Å². The lowest BCUT2D eigenvalue weighted by atomic mass is 9.85. The van der Waals surface area contributed by atoms with Crippen LogP contribution in [0.1, 0.15) is 32.8 Å². The predicted molar refractivity (Wildman–Crippen MR) is 77.2 cm³/mol. The Labute approximate surface area is 115 Å². The Morgan fingerprint density at radius 2 is 1.95 bits per heavy atom. The van der Waals surface area contributed by atoms with E-state index in [1.165, 1.54) is 5.56 Å². The number of hydrogen-bond donors (Lipinski definition) is 3. The van der Waals surface area contributed by atoms with Crippen LogP contribution in [0.15, 0.2) is 30.3 Å². The van der Waals surface area contributed by atoms with Gasteiger partial charge in [0.15, 0.2) is 0 Å². The molecule has 1 rings (SSSR count). The monoisotopic (exact) mass is 264 g/mol. The second-order valence-corrected chi connectivity index (χ2v) is 5.49. The zero-order valence-electron chi connectivity index (χ0n) is 11.9. The fourth-order valence-electron chi connectivity index (χ4n) is 1.83. The molecule has 0 aliphatic rings. The number of benzene rings is 1. The average Bonchev–Trinajstić information content (AvgIpc) is 2.38. The highest BCUT2D eigenvalue weighted by molar-refractivity contribution is 5.74. The first-order valence-electron chi connectivity index (χ1n) is 6.66. The quantitative estimate of drug-likeness (QED) is 0.736. The van der Waals surface area contributed by atoms with Gasteiger partial charge in [-0.25, -0.2) is 4.79 Å². The largest absolute Gasteiger partial charge is 0.396 e. The molecule has 4 heteroatoms. The van der Waals surface area contributed by atoms with Crippen LogP contribution in [-0.4, -0.2) is 30.3 Å². The van der Waals surface area contributed by atoms with E-state index in [-0.39, 0.29) is 24.1 Å². The first-order chi connectivity index (χ1) is 8.95. The van der Waals surface area contributed by atoms with Crippen molar-refractivity contribution in [3.8, 4) is 0 Å². The van der Waals surface area contributed by atoms with Crippen LogP contribution < -0.4 is 10.6 Å². The molecule has 19 heavy (non-hydrogen) atoms. The summed E-state index contributed by atoms with van der Waals surface area (Å²) in [4.78, 5) is 11.7. The van der Waals surface area contributed by atoms with E-state index in [0.717, 1.165) is 0 Å². The number of rotatable bonds is 6. The van der Waals surface area contributed by atoms with E-state index in [2.05, 4.69) is 36.6 Å². The summed E-state index contributed by atoms with van der Waals surface area (Å²) < 4.78 is 0.